The highest BCUT2D eigenvalue weighted by Crippen LogP contribution is 2.31. The van der Waals surface area contributed by atoms with E-state index in [1.807, 2.05) is 5.32 Å². The smallest absolute Gasteiger partial charge is 0.417 e. The van der Waals surface area contributed by atoms with Crippen LogP contribution in [-0.4, -0.2) is 22.8 Å². The van der Waals surface area contributed by atoms with Gasteiger partial charge in [0, 0.05) is 16.6 Å². The van der Waals surface area contributed by atoms with Crippen molar-refractivity contribution in [3.05, 3.63) is 34.1 Å². The van der Waals surface area contributed by atoms with Gasteiger partial charge in [-0.05, 0) is 19.1 Å². The monoisotopic (exact) mass is 343 g/mol. The third kappa shape index (κ3) is 3.44. The van der Waals surface area contributed by atoms with Gasteiger partial charge in [-0.25, -0.2) is 9.18 Å². The van der Waals surface area contributed by atoms with E-state index in [0.717, 1.165) is 6.07 Å². The zero-order valence-corrected chi connectivity index (χ0v) is 11.3. The molecule has 1 aromatic carbocycles. The van der Waals surface area contributed by atoms with Gasteiger partial charge in [0.25, 0.3) is 0 Å². The maximum absolute atomic E-state index is 13.4. The van der Waals surface area contributed by atoms with Crippen LogP contribution in [0.25, 0.3) is 0 Å². The fourth-order valence-electron chi connectivity index (χ4n) is 1.23. The van der Waals surface area contributed by atoms with Gasteiger partial charge in [-0.3, -0.25) is 5.32 Å². The summed E-state index contributed by atoms with van der Waals surface area (Å²) >= 11 is 3.01. The molecule has 3 nitrogen and oxygen atoms in total. The normalized spacial score (nSPS) is 15.1. The van der Waals surface area contributed by atoms with Crippen LogP contribution in [0.4, 0.5) is 17.6 Å². The minimum Gasteiger partial charge on any atom is -0.480 e. The summed E-state index contributed by atoms with van der Waals surface area (Å²) in [5, 5.41) is 10.5. The first-order valence-corrected chi connectivity index (χ1v) is 5.86. The number of carbonyl (C=O) groups is 1. The molecule has 8 heteroatoms. The lowest BCUT2D eigenvalue weighted by Crippen LogP contribution is -2.59. The fraction of sp³-hybridized carbons (Fsp3) is 0.364. The molecular weight excluding hydrogens is 334 g/mol. The van der Waals surface area contributed by atoms with Gasteiger partial charge < -0.3 is 5.11 Å². The van der Waals surface area contributed by atoms with E-state index < -0.39 is 30.0 Å². The lowest BCUT2D eigenvalue weighted by molar-refractivity contribution is -0.206. The Hall–Kier alpha value is -1.15. The molecule has 0 fully saturated rings. The van der Waals surface area contributed by atoms with Gasteiger partial charge in [0.2, 0.25) is 5.54 Å². The molecule has 106 valence electrons. The van der Waals surface area contributed by atoms with Crippen molar-refractivity contribution in [3.8, 4) is 0 Å². The molecule has 0 spiro atoms. The number of halogens is 5. The van der Waals surface area contributed by atoms with Crippen LogP contribution >= 0.6 is 15.9 Å². The molecule has 2 N–H and O–H groups in total. The van der Waals surface area contributed by atoms with Crippen LogP contribution in [0.3, 0.4) is 0 Å². The second kappa shape index (κ2) is 5.46. The largest absolute Gasteiger partial charge is 0.480 e. The standard InChI is InChI=1S/C11H10BrF4NO2/c1-10(9(18)19,11(14,15)16)17-5-6-2-3-7(12)4-8(6)13/h2-4,17H,5H2,1H3,(H,18,19). The van der Waals surface area contributed by atoms with Crippen LogP contribution < -0.4 is 5.32 Å². The number of nitrogens with one attached hydrogen (secondary N) is 1. The number of rotatable bonds is 4. The highest BCUT2D eigenvalue weighted by molar-refractivity contribution is 9.10. The molecule has 0 saturated heterocycles. The topological polar surface area (TPSA) is 49.3 Å². The third-order valence-electron chi connectivity index (χ3n) is 2.64. The first kappa shape index (κ1) is 15.9. The van der Waals surface area contributed by atoms with E-state index in [9.17, 15) is 22.4 Å². The van der Waals surface area contributed by atoms with Gasteiger partial charge >= 0.3 is 12.1 Å². The lowest BCUT2D eigenvalue weighted by atomic mass is 10.0. The Morgan fingerprint density at radius 1 is 1.42 bits per heavy atom. The minimum atomic E-state index is -5.00. The first-order valence-electron chi connectivity index (χ1n) is 5.07. The molecule has 19 heavy (non-hydrogen) atoms. The molecule has 1 aromatic rings. The maximum Gasteiger partial charge on any atom is 0.417 e. The Morgan fingerprint density at radius 3 is 2.42 bits per heavy atom. The Labute approximate surface area is 114 Å². The van der Waals surface area contributed by atoms with E-state index in [1.54, 1.807) is 0 Å². The minimum absolute atomic E-state index is 0.0556. The van der Waals surface area contributed by atoms with Crippen molar-refractivity contribution in [1.29, 1.82) is 0 Å². The lowest BCUT2D eigenvalue weighted by Gasteiger charge is -2.28. The molecule has 0 saturated carbocycles. The zero-order valence-electron chi connectivity index (χ0n) is 9.68. The number of hydrogen-bond donors (Lipinski definition) is 2. The van der Waals surface area contributed by atoms with E-state index in [2.05, 4.69) is 15.9 Å². The molecular formula is C11H10BrF4NO2. The average molecular weight is 344 g/mol. The molecule has 0 heterocycles. The molecule has 0 radical (unpaired) electrons. The average Bonchev–Trinajstić information content (AvgIpc) is 2.25. The number of alkyl halides is 3. The molecule has 0 aromatic heterocycles. The SMILES string of the molecule is CC(NCc1ccc(Br)cc1F)(C(=O)O)C(F)(F)F. The summed E-state index contributed by atoms with van der Waals surface area (Å²) < 4.78 is 51.9. The van der Waals surface area contributed by atoms with E-state index in [-0.39, 0.29) is 5.56 Å². The summed E-state index contributed by atoms with van der Waals surface area (Å²) in [6.45, 7) is -0.0620. The van der Waals surface area contributed by atoms with Crippen molar-refractivity contribution in [2.45, 2.75) is 25.2 Å². The number of aliphatic carboxylic acids is 1. The summed E-state index contributed by atoms with van der Waals surface area (Å²) in [5.74, 6) is -2.80. The summed E-state index contributed by atoms with van der Waals surface area (Å²) in [5.41, 5.74) is -3.19. The van der Waals surface area contributed by atoms with Crippen LogP contribution in [0.1, 0.15) is 12.5 Å². The van der Waals surface area contributed by atoms with Gasteiger partial charge in [-0.1, -0.05) is 22.0 Å². The van der Waals surface area contributed by atoms with Crippen molar-refractivity contribution in [3.63, 3.8) is 0 Å². The molecule has 0 bridgehead atoms. The highest BCUT2D eigenvalue weighted by atomic mass is 79.9. The number of hydrogen-bond acceptors (Lipinski definition) is 2. The summed E-state index contributed by atoms with van der Waals surface area (Å²) in [6, 6.07) is 3.81. The Bertz CT molecular complexity index is 492. The molecule has 0 aliphatic carbocycles. The molecule has 1 rings (SSSR count). The van der Waals surface area contributed by atoms with E-state index in [0.29, 0.717) is 11.4 Å². The van der Waals surface area contributed by atoms with Crippen LogP contribution in [-0.2, 0) is 11.3 Å². The van der Waals surface area contributed by atoms with Crippen LogP contribution in [0, 0.1) is 5.82 Å². The molecule has 1 unspecified atom stereocenters. The van der Waals surface area contributed by atoms with E-state index in [4.69, 9.17) is 5.11 Å². The van der Waals surface area contributed by atoms with E-state index >= 15 is 0 Å². The van der Waals surface area contributed by atoms with Crippen molar-refractivity contribution in [2.24, 2.45) is 0 Å². The number of carboxylic acid groups (broad SMARTS) is 1. The van der Waals surface area contributed by atoms with Crippen molar-refractivity contribution in [1.82, 2.24) is 5.32 Å². The van der Waals surface area contributed by atoms with Gasteiger partial charge in [-0.2, -0.15) is 13.2 Å². The summed E-state index contributed by atoms with van der Waals surface area (Å²) in [7, 11) is 0. The molecule has 0 aliphatic heterocycles. The zero-order chi connectivity index (χ0) is 14.8. The van der Waals surface area contributed by atoms with Gasteiger partial charge in [-0.15, -0.1) is 0 Å². The van der Waals surface area contributed by atoms with E-state index in [1.165, 1.54) is 12.1 Å². The highest BCUT2D eigenvalue weighted by Gasteiger charge is 2.57. The Kier molecular flexibility index (Phi) is 4.57. The van der Waals surface area contributed by atoms with Crippen LogP contribution in [0.15, 0.2) is 22.7 Å². The molecule has 0 aliphatic rings. The predicted molar refractivity (Wildman–Crippen MR) is 63.0 cm³/mol. The Morgan fingerprint density at radius 2 is 2.00 bits per heavy atom. The third-order valence-corrected chi connectivity index (χ3v) is 3.14. The summed E-state index contributed by atoms with van der Waals surface area (Å²) in [6.07, 6.45) is -5.00. The number of carboxylic acids is 1. The summed E-state index contributed by atoms with van der Waals surface area (Å²) in [4.78, 5) is 10.7. The van der Waals surface area contributed by atoms with Crippen molar-refractivity contribution >= 4 is 21.9 Å². The first-order chi connectivity index (χ1) is 8.58. The van der Waals surface area contributed by atoms with Crippen LogP contribution in [0.2, 0.25) is 0 Å². The maximum atomic E-state index is 13.4. The van der Waals surface area contributed by atoms with Gasteiger partial charge in [0.05, 0.1) is 0 Å². The second-order valence-corrected chi connectivity index (χ2v) is 4.93. The fourth-order valence-corrected chi connectivity index (χ4v) is 1.57. The predicted octanol–water partition coefficient (Wildman–Crippen LogP) is 3.08. The van der Waals surface area contributed by atoms with Crippen molar-refractivity contribution in [2.75, 3.05) is 0 Å². The second-order valence-electron chi connectivity index (χ2n) is 4.02. The Balaban J connectivity index is 2.92. The molecule has 1 atom stereocenters. The van der Waals surface area contributed by atoms with Gasteiger partial charge in [0.1, 0.15) is 5.82 Å². The molecule has 0 amide bonds. The van der Waals surface area contributed by atoms with Gasteiger partial charge in [0.15, 0.2) is 0 Å². The number of benzene rings is 1. The van der Waals surface area contributed by atoms with Crippen LogP contribution in [0.5, 0.6) is 0 Å². The quantitative estimate of drug-likeness (QED) is 0.826. The van der Waals surface area contributed by atoms with Crippen molar-refractivity contribution < 1.29 is 27.5 Å².